The van der Waals surface area contributed by atoms with Crippen LogP contribution in [0, 0.1) is 11.3 Å². The molecule has 17 heavy (non-hydrogen) atoms. The van der Waals surface area contributed by atoms with Crippen LogP contribution in [0.1, 0.15) is 11.3 Å². The Morgan fingerprint density at radius 1 is 1.18 bits per heavy atom. The fourth-order valence-electron chi connectivity index (χ4n) is 1.36. The molecular formula is C13H9ClN2O. The quantitative estimate of drug-likeness (QED) is 0.779. The first kappa shape index (κ1) is 11.4. The molecule has 0 N–H and O–H groups in total. The van der Waals surface area contributed by atoms with Crippen molar-refractivity contribution in [1.29, 1.82) is 5.26 Å². The molecule has 1 heterocycles. The van der Waals surface area contributed by atoms with Crippen molar-refractivity contribution in [1.82, 2.24) is 4.98 Å². The average molecular weight is 245 g/mol. The number of benzene rings is 1. The summed E-state index contributed by atoms with van der Waals surface area (Å²) in [4.78, 5) is 3.93. The fourth-order valence-corrected chi connectivity index (χ4v) is 1.50. The molecule has 0 spiro atoms. The second-order valence-corrected chi connectivity index (χ2v) is 3.74. The molecule has 2 aromatic rings. The van der Waals surface area contributed by atoms with Crippen molar-refractivity contribution in [2.75, 3.05) is 0 Å². The number of hydrogen-bond donors (Lipinski definition) is 0. The molecule has 0 amide bonds. The largest absolute Gasteiger partial charge is 0.489 e. The van der Waals surface area contributed by atoms with Crippen LogP contribution in [0.25, 0.3) is 0 Å². The van der Waals surface area contributed by atoms with Gasteiger partial charge in [0.2, 0.25) is 0 Å². The van der Waals surface area contributed by atoms with E-state index in [9.17, 15) is 0 Å². The summed E-state index contributed by atoms with van der Waals surface area (Å²) in [5.41, 5.74) is 1.02. The Bertz CT molecular complexity index is 549. The smallest absolute Gasteiger partial charge is 0.148 e. The Hall–Kier alpha value is -2.05. The Balaban J connectivity index is 2.12. The topological polar surface area (TPSA) is 45.9 Å². The monoisotopic (exact) mass is 244 g/mol. The molecule has 4 heteroatoms. The van der Waals surface area contributed by atoms with Crippen molar-refractivity contribution >= 4 is 11.6 Å². The lowest BCUT2D eigenvalue weighted by atomic mass is 10.2. The minimum atomic E-state index is 0.299. The first-order valence-corrected chi connectivity index (χ1v) is 5.41. The average Bonchev–Trinajstić information content (AvgIpc) is 2.38. The van der Waals surface area contributed by atoms with E-state index in [4.69, 9.17) is 21.6 Å². The summed E-state index contributed by atoms with van der Waals surface area (Å²) in [6.45, 7) is 0.303. The lowest BCUT2D eigenvalue weighted by Crippen LogP contribution is -2.00. The van der Waals surface area contributed by atoms with Gasteiger partial charge in [0, 0.05) is 5.56 Å². The maximum absolute atomic E-state index is 8.91. The summed E-state index contributed by atoms with van der Waals surface area (Å²) in [7, 11) is 0. The molecule has 0 aliphatic rings. The van der Waals surface area contributed by atoms with Gasteiger partial charge in [-0.05, 0) is 24.3 Å². The van der Waals surface area contributed by atoms with Crippen LogP contribution in [-0.4, -0.2) is 4.98 Å². The molecular weight excluding hydrogens is 236 g/mol. The number of nitrogens with zero attached hydrogens (tertiary/aromatic N) is 2. The van der Waals surface area contributed by atoms with Crippen molar-refractivity contribution in [2.24, 2.45) is 0 Å². The van der Waals surface area contributed by atoms with Gasteiger partial charge in [-0.1, -0.05) is 29.8 Å². The minimum Gasteiger partial charge on any atom is -0.489 e. The van der Waals surface area contributed by atoms with Gasteiger partial charge in [0.1, 0.15) is 29.3 Å². The van der Waals surface area contributed by atoms with Crippen molar-refractivity contribution in [3.63, 3.8) is 0 Å². The van der Waals surface area contributed by atoms with Gasteiger partial charge >= 0.3 is 0 Å². The van der Waals surface area contributed by atoms with Gasteiger partial charge in [-0.25, -0.2) is 4.98 Å². The van der Waals surface area contributed by atoms with Crippen LogP contribution in [0.4, 0.5) is 0 Å². The molecule has 0 aliphatic heterocycles. The number of ether oxygens (including phenoxy) is 1. The van der Waals surface area contributed by atoms with E-state index in [2.05, 4.69) is 4.98 Å². The van der Waals surface area contributed by atoms with Gasteiger partial charge in [-0.15, -0.1) is 0 Å². The van der Waals surface area contributed by atoms with Crippen LogP contribution in [0.2, 0.25) is 5.15 Å². The zero-order valence-electron chi connectivity index (χ0n) is 8.93. The third-order valence-electron chi connectivity index (χ3n) is 2.19. The van der Waals surface area contributed by atoms with Crippen LogP contribution in [0.5, 0.6) is 5.75 Å². The van der Waals surface area contributed by atoms with Crippen LogP contribution >= 0.6 is 11.6 Å². The van der Waals surface area contributed by atoms with Gasteiger partial charge in [0.15, 0.2) is 0 Å². The standard InChI is InChI=1S/C13H9ClN2O/c14-13-7-6-10(12(8-15)16-13)9-17-11-4-2-1-3-5-11/h1-7H,9H2. The van der Waals surface area contributed by atoms with Crippen molar-refractivity contribution < 1.29 is 4.74 Å². The van der Waals surface area contributed by atoms with E-state index in [1.54, 1.807) is 12.1 Å². The van der Waals surface area contributed by atoms with Gasteiger partial charge < -0.3 is 4.74 Å². The van der Waals surface area contributed by atoms with E-state index < -0.39 is 0 Å². The highest BCUT2D eigenvalue weighted by molar-refractivity contribution is 6.29. The lowest BCUT2D eigenvalue weighted by Gasteiger charge is -2.06. The number of pyridine rings is 1. The summed E-state index contributed by atoms with van der Waals surface area (Å²) in [6, 6.07) is 14.8. The zero-order valence-corrected chi connectivity index (χ0v) is 9.69. The molecule has 0 atom stereocenters. The van der Waals surface area contributed by atoms with Crippen LogP contribution in [0.15, 0.2) is 42.5 Å². The second-order valence-electron chi connectivity index (χ2n) is 3.36. The molecule has 0 aliphatic carbocycles. The van der Waals surface area contributed by atoms with Gasteiger partial charge in [0.25, 0.3) is 0 Å². The van der Waals surface area contributed by atoms with E-state index in [0.29, 0.717) is 17.5 Å². The Labute approximate surface area is 104 Å². The first-order valence-electron chi connectivity index (χ1n) is 5.03. The second kappa shape index (κ2) is 5.33. The minimum absolute atomic E-state index is 0.299. The van der Waals surface area contributed by atoms with Crippen molar-refractivity contribution in [2.45, 2.75) is 6.61 Å². The molecule has 0 bridgehead atoms. The molecule has 1 aromatic carbocycles. The number of halogens is 1. The maximum atomic E-state index is 8.91. The Kier molecular flexibility index (Phi) is 3.59. The number of hydrogen-bond acceptors (Lipinski definition) is 3. The highest BCUT2D eigenvalue weighted by Gasteiger charge is 2.05. The molecule has 1 aromatic heterocycles. The number of para-hydroxylation sites is 1. The van der Waals surface area contributed by atoms with Crippen LogP contribution < -0.4 is 4.74 Å². The molecule has 3 nitrogen and oxygen atoms in total. The number of nitriles is 1. The van der Waals surface area contributed by atoms with Crippen molar-refractivity contribution in [3.8, 4) is 11.8 Å². The third-order valence-corrected chi connectivity index (χ3v) is 2.40. The fraction of sp³-hybridized carbons (Fsp3) is 0.0769. The zero-order chi connectivity index (χ0) is 12.1. The highest BCUT2D eigenvalue weighted by atomic mass is 35.5. The molecule has 0 unspecified atom stereocenters. The number of rotatable bonds is 3. The van der Waals surface area contributed by atoms with E-state index >= 15 is 0 Å². The van der Waals surface area contributed by atoms with Gasteiger partial charge in [0.05, 0.1) is 0 Å². The molecule has 0 fully saturated rings. The summed E-state index contributed by atoms with van der Waals surface area (Å²) < 4.78 is 5.54. The lowest BCUT2D eigenvalue weighted by molar-refractivity contribution is 0.305. The summed E-state index contributed by atoms with van der Waals surface area (Å²) >= 11 is 5.71. The molecule has 84 valence electrons. The van der Waals surface area contributed by atoms with E-state index in [1.807, 2.05) is 36.4 Å². The first-order chi connectivity index (χ1) is 8.29. The summed E-state index contributed by atoms with van der Waals surface area (Å²) in [5, 5.41) is 9.22. The van der Waals surface area contributed by atoms with E-state index in [-0.39, 0.29) is 0 Å². The Morgan fingerprint density at radius 3 is 2.65 bits per heavy atom. The predicted octanol–water partition coefficient (Wildman–Crippen LogP) is 3.19. The normalized spacial score (nSPS) is 9.65. The predicted molar refractivity (Wildman–Crippen MR) is 64.7 cm³/mol. The number of aromatic nitrogens is 1. The highest BCUT2D eigenvalue weighted by Crippen LogP contribution is 2.15. The van der Waals surface area contributed by atoms with E-state index in [0.717, 1.165) is 11.3 Å². The van der Waals surface area contributed by atoms with Crippen molar-refractivity contribution in [3.05, 3.63) is 58.9 Å². The maximum Gasteiger partial charge on any atom is 0.148 e. The Morgan fingerprint density at radius 2 is 1.94 bits per heavy atom. The summed E-state index contributed by atoms with van der Waals surface area (Å²) in [5.74, 6) is 0.756. The van der Waals surface area contributed by atoms with E-state index in [1.165, 1.54) is 0 Å². The van der Waals surface area contributed by atoms with Gasteiger partial charge in [-0.3, -0.25) is 0 Å². The van der Waals surface area contributed by atoms with Crippen LogP contribution in [0.3, 0.4) is 0 Å². The molecule has 0 saturated heterocycles. The summed E-state index contributed by atoms with van der Waals surface area (Å²) in [6.07, 6.45) is 0. The van der Waals surface area contributed by atoms with Gasteiger partial charge in [-0.2, -0.15) is 5.26 Å². The SMILES string of the molecule is N#Cc1nc(Cl)ccc1COc1ccccc1. The third kappa shape index (κ3) is 2.96. The molecule has 0 radical (unpaired) electrons. The van der Waals surface area contributed by atoms with Crippen LogP contribution in [-0.2, 0) is 6.61 Å². The molecule has 0 saturated carbocycles. The molecule has 2 rings (SSSR count).